The van der Waals surface area contributed by atoms with Crippen LogP contribution in [0.4, 0.5) is 0 Å². The average Bonchev–Trinajstić information content (AvgIpc) is 3.63. The molecule has 0 atom stereocenters. The van der Waals surface area contributed by atoms with Gasteiger partial charge in [-0.05, 0) is 43.4 Å². The largest absolute Gasteiger partial charge is 0.379 e. The molecule has 1 saturated carbocycles. The number of aromatic nitrogens is 4. The Labute approximate surface area is 206 Å². The zero-order valence-corrected chi connectivity index (χ0v) is 20.2. The van der Waals surface area contributed by atoms with E-state index in [1.54, 1.807) is 29.7 Å². The zero-order valence-electron chi connectivity index (χ0n) is 20.2. The third-order valence-corrected chi connectivity index (χ3v) is 7.13. The van der Waals surface area contributed by atoms with Crippen molar-refractivity contribution >= 4 is 5.91 Å². The van der Waals surface area contributed by atoms with Crippen LogP contribution in [0, 0.1) is 0 Å². The van der Waals surface area contributed by atoms with Gasteiger partial charge in [-0.25, -0.2) is 9.97 Å². The number of rotatable bonds is 9. The second-order valence-corrected chi connectivity index (χ2v) is 9.46. The molecule has 0 radical (unpaired) electrons. The van der Waals surface area contributed by atoms with Gasteiger partial charge in [-0.2, -0.15) is 0 Å². The Hall–Kier alpha value is -3.01. The van der Waals surface area contributed by atoms with Crippen LogP contribution in [0.15, 0.2) is 49.1 Å². The molecule has 2 aromatic heterocycles. The van der Waals surface area contributed by atoms with E-state index in [-0.39, 0.29) is 5.91 Å². The Morgan fingerprint density at radius 3 is 2.17 bits per heavy atom. The van der Waals surface area contributed by atoms with Crippen LogP contribution in [0.25, 0.3) is 0 Å². The summed E-state index contributed by atoms with van der Waals surface area (Å²) in [6.45, 7) is 5.51. The highest BCUT2D eigenvalue weighted by molar-refractivity contribution is 5.94. The molecule has 0 bridgehead atoms. The minimum atomic E-state index is -0.0428. The predicted octanol–water partition coefficient (Wildman–Crippen LogP) is 2.71. The smallest absolute Gasteiger partial charge is 0.254 e. The lowest BCUT2D eigenvalue weighted by Gasteiger charge is -2.39. The summed E-state index contributed by atoms with van der Waals surface area (Å²) in [6, 6.07) is 9.23. The van der Waals surface area contributed by atoms with Gasteiger partial charge in [0.2, 0.25) is 0 Å². The van der Waals surface area contributed by atoms with E-state index in [4.69, 9.17) is 4.74 Å². The van der Waals surface area contributed by atoms with Crippen molar-refractivity contribution < 1.29 is 9.53 Å². The Bertz CT molecular complexity index is 986. The van der Waals surface area contributed by atoms with E-state index in [9.17, 15) is 4.79 Å². The van der Waals surface area contributed by atoms with Crippen molar-refractivity contribution in [2.24, 2.45) is 0 Å². The summed E-state index contributed by atoms with van der Waals surface area (Å²) >= 11 is 0. The molecule has 35 heavy (non-hydrogen) atoms. The van der Waals surface area contributed by atoms with Crippen LogP contribution in [-0.4, -0.2) is 74.0 Å². The molecule has 3 N–H and O–H groups in total. The van der Waals surface area contributed by atoms with E-state index in [2.05, 4.69) is 42.3 Å². The molecule has 186 valence electrons. The molecule has 9 heteroatoms. The lowest BCUT2D eigenvalue weighted by Crippen LogP contribution is -2.47. The van der Waals surface area contributed by atoms with Crippen molar-refractivity contribution in [2.75, 3.05) is 26.3 Å². The standard InChI is InChI=1S/C26H35N7O2/c34-26(33(18-24-27-9-10-28-24)19-25-29-11-12-30-25)21-3-1-20(2-4-21)17-31-22-5-7-23(8-6-22)32-13-15-35-16-14-32/h1-4,9-12,22-23,31H,5-8,13-19H2,(H,27,28)(H,29,30)/t22-,23+. The van der Waals surface area contributed by atoms with E-state index >= 15 is 0 Å². The fourth-order valence-corrected chi connectivity index (χ4v) is 5.13. The van der Waals surface area contributed by atoms with Crippen molar-refractivity contribution in [3.8, 4) is 0 Å². The quantitative estimate of drug-likeness (QED) is 0.438. The highest BCUT2D eigenvalue weighted by Crippen LogP contribution is 2.24. The molecule has 1 aromatic carbocycles. The fraction of sp³-hybridized carbons (Fsp3) is 0.500. The summed E-state index contributed by atoms with van der Waals surface area (Å²) < 4.78 is 5.50. The highest BCUT2D eigenvalue weighted by atomic mass is 16.5. The van der Waals surface area contributed by atoms with E-state index in [0.29, 0.717) is 30.7 Å². The molecule has 3 aromatic rings. The van der Waals surface area contributed by atoms with Crippen molar-refractivity contribution in [3.63, 3.8) is 0 Å². The second kappa shape index (κ2) is 11.6. The maximum atomic E-state index is 13.3. The number of hydrogen-bond acceptors (Lipinski definition) is 6. The first kappa shape index (κ1) is 23.7. The molecule has 0 unspecified atom stereocenters. The number of morpholine rings is 1. The summed E-state index contributed by atoms with van der Waals surface area (Å²) in [7, 11) is 0. The minimum Gasteiger partial charge on any atom is -0.379 e. The maximum absolute atomic E-state index is 13.3. The van der Waals surface area contributed by atoms with Crippen molar-refractivity contribution in [3.05, 3.63) is 71.8 Å². The number of ether oxygens (including phenoxy) is 1. The minimum absolute atomic E-state index is 0.0428. The van der Waals surface area contributed by atoms with Gasteiger partial charge in [0.25, 0.3) is 5.91 Å². The highest BCUT2D eigenvalue weighted by Gasteiger charge is 2.26. The fourth-order valence-electron chi connectivity index (χ4n) is 5.13. The molecule has 3 heterocycles. The lowest BCUT2D eigenvalue weighted by atomic mass is 9.90. The van der Waals surface area contributed by atoms with Gasteiger partial charge >= 0.3 is 0 Å². The van der Waals surface area contributed by atoms with Crippen LogP contribution in [-0.2, 0) is 24.4 Å². The van der Waals surface area contributed by atoms with Crippen LogP contribution in [0.2, 0.25) is 0 Å². The number of carbonyl (C=O) groups excluding carboxylic acids is 1. The first-order valence-corrected chi connectivity index (χ1v) is 12.6. The maximum Gasteiger partial charge on any atom is 0.254 e. The average molecular weight is 478 g/mol. The Kier molecular flexibility index (Phi) is 7.87. The van der Waals surface area contributed by atoms with Gasteiger partial charge in [0.05, 0.1) is 26.3 Å². The Balaban J connectivity index is 1.13. The molecular formula is C26H35N7O2. The summed E-state index contributed by atoms with van der Waals surface area (Å²) in [6.07, 6.45) is 11.9. The van der Waals surface area contributed by atoms with Crippen LogP contribution < -0.4 is 5.32 Å². The van der Waals surface area contributed by atoms with Gasteiger partial charge in [-0.1, -0.05) is 12.1 Å². The van der Waals surface area contributed by atoms with Crippen LogP contribution in [0.3, 0.4) is 0 Å². The second-order valence-electron chi connectivity index (χ2n) is 9.46. The van der Waals surface area contributed by atoms with Gasteiger partial charge in [0.15, 0.2) is 0 Å². The number of nitrogens with zero attached hydrogens (tertiary/aromatic N) is 4. The van der Waals surface area contributed by atoms with Crippen LogP contribution in [0.5, 0.6) is 0 Å². The number of benzene rings is 1. The lowest BCUT2D eigenvalue weighted by molar-refractivity contribution is 0.00652. The number of carbonyl (C=O) groups is 1. The first-order valence-electron chi connectivity index (χ1n) is 12.6. The monoisotopic (exact) mass is 477 g/mol. The SMILES string of the molecule is O=C(c1ccc(CN[C@H]2CC[C@@H](N3CCOCC3)CC2)cc1)N(Cc1ncc[nH]1)Cc1ncc[nH]1. The van der Waals surface area contributed by atoms with Gasteiger partial charge < -0.3 is 24.9 Å². The molecule has 0 spiro atoms. The van der Waals surface area contributed by atoms with Crippen molar-refractivity contribution in [2.45, 2.75) is 57.4 Å². The molecule has 9 nitrogen and oxygen atoms in total. The van der Waals surface area contributed by atoms with E-state index in [0.717, 1.165) is 44.5 Å². The molecule has 2 fully saturated rings. The van der Waals surface area contributed by atoms with Gasteiger partial charge in [-0.15, -0.1) is 0 Å². The molecule has 1 saturated heterocycles. The Morgan fingerprint density at radius 2 is 1.60 bits per heavy atom. The molecule has 1 amide bonds. The molecule has 1 aliphatic heterocycles. The van der Waals surface area contributed by atoms with E-state index < -0.39 is 0 Å². The predicted molar refractivity (Wildman–Crippen MR) is 132 cm³/mol. The number of amides is 1. The third-order valence-electron chi connectivity index (χ3n) is 7.13. The first-order chi connectivity index (χ1) is 17.2. The number of aromatic amines is 2. The van der Waals surface area contributed by atoms with Crippen molar-refractivity contribution in [1.29, 1.82) is 0 Å². The summed E-state index contributed by atoms with van der Waals surface area (Å²) in [4.78, 5) is 32.4. The van der Waals surface area contributed by atoms with E-state index in [1.807, 2.05) is 12.1 Å². The number of nitrogens with one attached hydrogen (secondary N) is 3. The van der Waals surface area contributed by atoms with Gasteiger partial charge in [0, 0.05) is 62.1 Å². The van der Waals surface area contributed by atoms with Crippen LogP contribution >= 0.6 is 0 Å². The third kappa shape index (κ3) is 6.36. The molecule has 5 rings (SSSR count). The molecule has 1 aliphatic carbocycles. The summed E-state index contributed by atoms with van der Waals surface area (Å²) in [5.41, 5.74) is 1.86. The topological polar surface area (TPSA) is 102 Å². The Morgan fingerprint density at radius 1 is 0.971 bits per heavy atom. The van der Waals surface area contributed by atoms with Gasteiger partial charge in [0.1, 0.15) is 11.6 Å². The van der Waals surface area contributed by atoms with Crippen LogP contribution in [0.1, 0.15) is 53.3 Å². The summed E-state index contributed by atoms with van der Waals surface area (Å²) in [5.74, 6) is 1.45. The normalized spacial score (nSPS) is 21.1. The number of imidazole rings is 2. The number of hydrogen-bond donors (Lipinski definition) is 3. The molecule has 2 aliphatic rings. The van der Waals surface area contributed by atoms with Gasteiger partial charge in [-0.3, -0.25) is 9.69 Å². The van der Waals surface area contributed by atoms with Crippen molar-refractivity contribution in [1.82, 2.24) is 35.1 Å². The van der Waals surface area contributed by atoms with E-state index in [1.165, 1.54) is 31.2 Å². The zero-order chi connectivity index (χ0) is 23.9. The molecular weight excluding hydrogens is 442 g/mol. The summed E-state index contributed by atoms with van der Waals surface area (Å²) in [5, 5.41) is 3.73. The number of H-pyrrole nitrogens is 2.